The van der Waals surface area contributed by atoms with Crippen molar-refractivity contribution in [3.63, 3.8) is 0 Å². The molecule has 0 aliphatic rings. The lowest BCUT2D eigenvalue weighted by Crippen LogP contribution is -2.49. The van der Waals surface area contributed by atoms with Crippen molar-refractivity contribution in [2.45, 2.75) is 25.1 Å². The number of aliphatic hydroxyl groups is 1. The van der Waals surface area contributed by atoms with Gasteiger partial charge in [0.25, 0.3) is 5.60 Å². The number of methoxy groups -OCH3 is 1. The first-order chi connectivity index (χ1) is 12.0. The standard InChI is InChI=1S/C15H16ClF3N2O5/c1-4-11(16)20-26-13(23)21(2)10-7-5-9(6-8-10)14(24,12(22)25-3)15(17,18)19/h5-8,24H,4H2,1-3H3/b20-11-/t14-/m1/s1. The maximum atomic E-state index is 13.2. The van der Waals surface area contributed by atoms with Gasteiger partial charge in [0.1, 0.15) is 5.17 Å². The van der Waals surface area contributed by atoms with Crippen LogP contribution in [0.25, 0.3) is 0 Å². The molecule has 0 saturated carbocycles. The van der Waals surface area contributed by atoms with Gasteiger partial charge in [-0.1, -0.05) is 35.8 Å². The smallest absolute Gasteiger partial charge is 0.440 e. The summed E-state index contributed by atoms with van der Waals surface area (Å²) < 4.78 is 43.5. The SMILES string of the molecule is CC/C(Cl)=N/OC(=O)N(C)c1ccc([C@@](O)(C(=O)OC)C(F)(F)F)cc1. The zero-order valence-electron chi connectivity index (χ0n) is 14.0. The zero-order valence-corrected chi connectivity index (χ0v) is 14.8. The maximum Gasteiger partial charge on any atom is 0.440 e. The van der Waals surface area contributed by atoms with Crippen LogP contribution in [-0.4, -0.2) is 42.7 Å². The second-order valence-electron chi connectivity index (χ2n) is 4.98. The Kier molecular flexibility index (Phi) is 6.99. The second kappa shape index (κ2) is 8.37. The van der Waals surface area contributed by atoms with E-state index < -0.39 is 29.4 Å². The molecule has 7 nitrogen and oxygen atoms in total. The summed E-state index contributed by atoms with van der Waals surface area (Å²) in [6, 6.07) is 3.85. The van der Waals surface area contributed by atoms with E-state index in [0.29, 0.717) is 6.42 Å². The molecule has 0 aliphatic heterocycles. The van der Waals surface area contributed by atoms with Crippen LogP contribution in [0, 0.1) is 0 Å². The molecule has 1 amide bonds. The van der Waals surface area contributed by atoms with Gasteiger partial charge in [0, 0.05) is 24.7 Å². The predicted molar refractivity (Wildman–Crippen MR) is 86.9 cm³/mol. The molecule has 0 aromatic heterocycles. The second-order valence-corrected chi connectivity index (χ2v) is 5.42. The number of hydrogen-bond donors (Lipinski definition) is 1. The summed E-state index contributed by atoms with van der Waals surface area (Å²) in [6.45, 7) is 1.69. The van der Waals surface area contributed by atoms with E-state index in [1.807, 2.05) is 0 Å². The molecule has 1 rings (SSSR count). The number of ether oxygens (including phenoxy) is 1. The number of carbonyl (C=O) groups excluding carboxylic acids is 2. The minimum absolute atomic E-state index is 0.0513. The van der Waals surface area contributed by atoms with E-state index in [2.05, 4.69) is 14.7 Å². The third kappa shape index (κ3) is 4.44. The van der Waals surface area contributed by atoms with E-state index in [9.17, 15) is 27.9 Å². The van der Waals surface area contributed by atoms with E-state index in [1.165, 1.54) is 7.05 Å². The lowest BCUT2D eigenvalue weighted by atomic mass is 9.93. The van der Waals surface area contributed by atoms with Gasteiger partial charge in [0.15, 0.2) is 0 Å². The lowest BCUT2D eigenvalue weighted by molar-refractivity contribution is -0.266. The molecular formula is C15H16ClF3N2O5. The van der Waals surface area contributed by atoms with Gasteiger partial charge in [-0.2, -0.15) is 13.2 Å². The first-order valence-corrected chi connectivity index (χ1v) is 7.51. The monoisotopic (exact) mass is 396 g/mol. The van der Waals surface area contributed by atoms with Gasteiger partial charge >= 0.3 is 18.2 Å². The van der Waals surface area contributed by atoms with Crippen molar-refractivity contribution in [1.29, 1.82) is 0 Å². The molecule has 1 N–H and O–H groups in total. The number of carbonyl (C=O) groups is 2. The summed E-state index contributed by atoms with van der Waals surface area (Å²) in [5.74, 6) is -1.88. The van der Waals surface area contributed by atoms with E-state index >= 15 is 0 Å². The van der Waals surface area contributed by atoms with E-state index in [4.69, 9.17) is 11.6 Å². The molecule has 0 heterocycles. The normalized spacial score (nSPS) is 14.4. The Morgan fingerprint density at radius 2 is 1.81 bits per heavy atom. The van der Waals surface area contributed by atoms with Crippen molar-refractivity contribution in [2.24, 2.45) is 5.16 Å². The average Bonchev–Trinajstić information content (AvgIpc) is 2.62. The average molecular weight is 397 g/mol. The third-order valence-corrected chi connectivity index (χ3v) is 3.69. The highest BCUT2D eigenvalue weighted by Gasteiger charge is 2.62. The van der Waals surface area contributed by atoms with E-state index in [1.54, 1.807) is 6.92 Å². The van der Waals surface area contributed by atoms with E-state index in [0.717, 1.165) is 36.3 Å². The molecule has 26 heavy (non-hydrogen) atoms. The number of oxime groups is 1. The van der Waals surface area contributed by atoms with Gasteiger partial charge in [-0.3, -0.25) is 9.74 Å². The number of esters is 1. The van der Waals surface area contributed by atoms with Crippen molar-refractivity contribution in [2.75, 3.05) is 19.1 Å². The van der Waals surface area contributed by atoms with Crippen molar-refractivity contribution in [3.8, 4) is 0 Å². The highest BCUT2D eigenvalue weighted by molar-refractivity contribution is 6.65. The van der Waals surface area contributed by atoms with Crippen LogP contribution < -0.4 is 4.90 Å². The number of benzene rings is 1. The number of alkyl halides is 3. The first kappa shape index (κ1) is 21.7. The van der Waals surface area contributed by atoms with Crippen LogP contribution in [0.4, 0.5) is 23.7 Å². The molecule has 11 heteroatoms. The van der Waals surface area contributed by atoms with Crippen molar-refractivity contribution >= 4 is 34.5 Å². The van der Waals surface area contributed by atoms with Gasteiger partial charge in [0.2, 0.25) is 0 Å². The Hall–Kier alpha value is -2.33. The molecule has 1 atom stereocenters. The van der Waals surface area contributed by atoms with Crippen molar-refractivity contribution in [1.82, 2.24) is 0 Å². The summed E-state index contributed by atoms with van der Waals surface area (Å²) in [5.41, 5.74) is -4.48. The topological polar surface area (TPSA) is 88.4 Å². The Balaban J connectivity index is 3.10. The summed E-state index contributed by atoms with van der Waals surface area (Å²) in [6.07, 6.45) is -5.90. The number of rotatable bonds is 5. The number of nitrogens with zero attached hydrogens (tertiary/aromatic N) is 2. The highest BCUT2D eigenvalue weighted by Crippen LogP contribution is 2.40. The van der Waals surface area contributed by atoms with Crippen molar-refractivity contribution < 1.29 is 37.4 Å². The first-order valence-electron chi connectivity index (χ1n) is 7.14. The number of hydrogen-bond acceptors (Lipinski definition) is 6. The Morgan fingerprint density at radius 1 is 1.27 bits per heavy atom. The molecule has 1 aromatic rings. The Bertz CT molecular complexity index is 694. The summed E-state index contributed by atoms with van der Waals surface area (Å²) in [4.78, 5) is 28.8. The zero-order chi connectivity index (χ0) is 20.1. The number of halogens is 4. The van der Waals surface area contributed by atoms with Crippen LogP contribution in [0.3, 0.4) is 0 Å². The van der Waals surface area contributed by atoms with Gasteiger partial charge < -0.3 is 9.84 Å². The molecule has 0 radical (unpaired) electrons. The maximum absolute atomic E-state index is 13.2. The third-order valence-electron chi connectivity index (χ3n) is 3.35. The van der Waals surface area contributed by atoms with E-state index in [-0.39, 0.29) is 10.9 Å². The van der Waals surface area contributed by atoms with Gasteiger partial charge in [-0.25, -0.2) is 9.59 Å². The van der Waals surface area contributed by atoms with Crippen LogP contribution in [-0.2, 0) is 20.0 Å². The quantitative estimate of drug-likeness (QED) is 0.357. The molecule has 0 bridgehead atoms. The Labute approximate surface area is 151 Å². The molecule has 1 aromatic carbocycles. The minimum atomic E-state index is -5.31. The fraction of sp³-hybridized carbons (Fsp3) is 0.400. The fourth-order valence-electron chi connectivity index (χ4n) is 1.79. The predicted octanol–water partition coefficient (Wildman–Crippen LogP) is 3.14. The fourth-order valence-corrected chi connectivity index (χ4v) is 1.83. The van der Waals surface area contributed by atoms with Gasteiger partial charge in [-0.15, -0.1) is 0 Å². The molecular weight excluding hydrogens is 381 g/mol. The van der Waals surface area contributed by atoms with Crippen LogP contribution in [0.1, 0.15) is 18.9 Å². The molecule has 144 valence electrons. The molecule has 0 unspecified atom stereocenters. The van der Waals surface area contributed by atoms with Crippen LogP contribution >= 0.6 is 11.6 Å². The minimum Gasteiger partial charge on any atom is -0.466 e. The summed E-state index contributed by atoms with van der Waals surface area (Å²) in [5, 5.41) is 13.3. The summed E-state index contributed by atoms with van der Waals surface area (Å²) >= 11 is 5.59. The van der Waals surface area contributed by atoms with Crippen molar-refractivity contribution in [3.05, 3.63) is 29.8 Å². The number of anilines is 1. The molecule has 0 spiro atoms. The number of amides is 1. The van der Waals surface area contributed by atoms with Crippen LogP contribution in [0.5, 0.6) is 0 Å². The highest BCUT2D eigenvalue weighted by atomic mass is 35.5. The van der Waals surface area contributed by atoms with Gasteiger partial charge in [0.05, 0.1) is 7.11 Å². The van der Waals surface area contributed by atoms with Crippen LogP contribution in [0.2, 0.25) is 0 Å². The lowest BCUT2D eigenvalue weighted by Gasteiger charge is -2.28. The molecule has 0 saturated heterocycles. The largest absolute Gasteiger partial charge is 0.466 e. The molecule has 0 fully saturated rings. The molecule has 0 aliphatic carbocycles. The van der Waals surface area contributed by atoms with Gasteiger partial charge in [-0.05, 0) is 12.1 Å². The van der Waals surface area contributed by atoms with Crippen LogP contribution in [0.15, 0.2) is 29.4 Å². The summed E-state index contributed by atoms with van der Waals surface area (Å²) in [7, 11) is 2.00. The Morgan fingerprint density at radius 3 is 2.23 bits per heavy atom.